The number of carbonyl (C=O) groups excluding carboxylic acids is 3. The molecule has 204 valence electrons. The van der Waals surface area contributed by atoms with Crippen molar-refractivity contribution in [3.8, 4) is 0 Å². The molecule has 0 fully saturated rings. The Hall–Kier alpha value is -3.85. The molecule has 1 aromatic heterocycles. The summed E-state index contributed by atoms with van der Waals surface area (Å²) in [4.78, 5) is 42.3. The minimum atomic E-state index is -0.970. The number of hydrogen-bond acceptors (Lipinski definition) is 6. The lowest BCUT2D eigenvalue weighted by Gasteiger charge is -2.25. The Morgan fingerprint density at radius 3 is 2.37 bits per heavy atom. The number of alkyl carbamates (subject to hydrolysis) is 1. The summed E-state index contributed by atoms with van der Waals surface area (Å²) in [5.74, 6) is -1.06. The van der Waals surface area contributed by atoms with Crippen molar-refractivity contribution in [2.24, 2.45) is 5.73 Å². The lowest BCUT2D eigenvalue weighted by Crippen LogP contribution is -2.53. The SMILES string of the molecule is CC(C)(C)OC(=O)N[C@H](CCCCN)C(=O)N[C@@H](Cc1c[nH]c2ccccc12)C(=O)OCc1ccccc1. The fourth-order valence-electron chi connectivity index (χ4n) is 4.03. The fourth-order valence-corrected chi connectivity index (χ4v) is 4.03. The summed E-state index contributed by atoms with van der Waals surface area (Å²) in [5.41, 5.74) is 7.53. The molecule has 0 saturated carbocycles. The molecule has 1 heterocycles. The zero-order valence-corrected chi connectivity index (χ0v) is 22.3. The second kappa shape index (κ2) is 13.6. The number of fused-ring (bicyclic) bond motifs is 1. The number of rotatable bonds is 12. The zero-order valence-electron chi connectivity index (χ0n) is 22.3. The Morgan fingerprint density at radius 2 is 1.66 bits per heavy atom. The van der Waals surface area contributed by atoms with E-state index < -0.39 is 35.7 Å². The van der Waals surface area contributed by atoms with Crippen LogP contribution in [0.2, 0.25) is 0 Å². The van der Waals surface area contributed by atoms with Crippen LogP contribution in [0, 0.1) is 0 Å². The third kappa shape index (κ3) is 8.92. The highest BCUT2D eigenvalue weighted by atomic mass is 16.6. The first-order valence-corrected chi connectivity index (χ1v) is 12.9. The van der Waals surface area contributed by atoms with Gasteiger partial charge in [0.25, 0.3) is 0 Å². The molecule has 0 saturated heterocycles. The maximum Gasteiger partial charge on any atom is 0.408 e. The molecule has 9 nitrogen and oxygen atoms in total. The van der Waals surface area contributed by atoms with E-state index in [1.807, 2.05) is 60.8 Å². The van der Waals surface area contributed by atoms with Crippen LogP contribution < -0.4 is 16.4 Å². The first kappa shape index (κ1) is 28.7. The van der Waals surface area contributed by atoms with Crippen molar-refractivity contribution in [2.75, 3.05) is 6.54 Å². The molecule has 0 aliphatic carbocycles. The second-order valence-electron chi connectivity index (χ2n) is 10.2. The average molecular weight is 523 g/mol. The summed E-state index contributed by atoms with van der Waals surface area (Å²) in [6.45, 7) is 5.79. The van der Waals surface area contributed by atoms with Gasteiger partial charge in [-0.1, -0.05) is 48.5 Å². The Balaban J connectivity index is 1.78. The number of nitrogens with two attached hydrogens (primary N) is 1. The molecule has 2 aromatic carbocycles. The van der Waals surface area contributed by atoms with Gasteiger partial charge in [-0.05, 0) is 63.8 Å². The molecule has 38 heavy (non-hydrogen) atoms. The lowest BCUT2D eigenvalue weighted by molar-refractivity contribution is -0.149. The number of aromatic nitrogens is 1. The number of H-pyrrole nitrogens is 1. The average Bonchev–Trinajstić information content (AvgIpc) is 3.28. The maximum absolute atomic E-state index is 13.4. The van der Waals surface area contributed by atoms with Crippen LogP contribution in [0.4, 0.5) is 4.79 Å². The number of nitrogens with one attached hydrogen (secondary N) is 3. The molecule has 0 aliphatic heterocycles. The largest absolute Gasteiger partial charge is 0.459 e. The second-order valence-corrected chi connectivity index (χ2v) is 10.2. The number of para-hydroxylation sites is 1. The predicted octanol–water partition coefficient (Wildman–Crippen LogP) is 3.96. The van der Waals surface area contributed by atoms with Crippen LogP contribution in [0.5, 0.6) is 0 Å². The smallest absolute Gasteiger partial charge is 0.408 e. The fraction of sp³-hybridized carbons (Fsp3) is 0.414. The summed E-state index contributed by atoms with van der Waals surface area (Å²) in [6, 6.07) is 15.2. The molecule has 3 rings (SSSR count). The summed E-state index contributed by atoms with van der Waals surface area (Å²) >= 11 is 0. The van der Waals surface area contributed by atoms with Crippen LogP contribution in [-0.4, -0.2) is 47.2 Å². The van der Waals surface area contributed by atoms with E-state index in [0.717, 1.165) is 22.0 Å². The topological polar surface area (TPSA) is 136 Å². The van der Waals surface area contributed by atoms with Crippen LogP contribution in [0.3, 0.4) is 0 Å². The standard InChI is InChI=1S/C29H38N4O5/c1-29(2,3)38-28(36)33-24(15-9-10-16-30)26(34)32-25(27(35)37-19-20-11-5-4-6-12-20)17-21-18-31-23-14-8-7-13-22(21)23/h4-8,11-14,18,24-25,31H,9-10,15-17,19,30H2,1-3H3,(H,32,34)(H,33,36)/t24-,25+/m1/s1. The van der Waals surface area contributed by atoms with Gasteiger partial charge in [0.2, 0.25) is 5.91 Å². The molecule has 5 N–H and O–H groups in total. The van der Waals surface area contributed by atoms with Gasteiger partial charge in [-0.15, -0.1) is 0 Å². The molecular weight excluding hydrogens is 484 g/mol. The van der Waals surface area contributed by atoms with E-state index in [1.165, 1.54) is 0 Å². The van der Waals surface area contributed by atoms with Crippen LogP contribution in [0.1, 0.15) is 51.2 Å². The number of amides is 2. The van der Waals surface area contributed by atoms with E-state index in [0.29, 0.717) is 25.8 Å². The number of hydrogen-bond donors (Lipinski definition) is 4. The molecule has 2 amide bonds. The van der Waals surface area contributed by atoms with Gasteiger partial charge in [-0.2, -0.15) is 0 Å². The normalized spacial score (nSPS) is 12.9. The summed E-state index contributed by atoms with van der Waals surface area (Å²) < 4.78 is 10.9. The Kier molecular flexibility index (Phi) is 10.3. The lowest BCUT2D eigenvalue weighted by atomic mass is 10.0. The number of unbranched alkanes of at least 4 members (excludes halogenated alkanes) is 1. The van der Waals surface area contributed by atoms with E-state index in [4.69, 9.17) is 15.2 Å². The van der Waals surface area contributed by atoms with Crippen molar-refractivity contribution in [2.45, 2.75) is 70.7 Å². The summed E-state index contributed by atoms with van der Waals surface area (Å²) in [5, 5.41) is 6.43. The monoisotopic (exact) mass is 522 g/mol. The molecular formula is C29H38N4O5. The highest BCUT2D eigenvalue weighted by Gasteiger charge is 2.29. The molecule has 2 atom stereocenters. The van der Waals surface area contributed by atoms with Gasteiger partial charge in [-0.3, -0.25) is 4.79 Å². The van der Waals surface area contributed by atoms with Crippen LogP contribution in [-0.2, 0) is 32.1 Å². The van der Waals surface area contributed by atoms with Gasteiger partial charge >= 0.3 is 12.1 Å². The van der Waals surface area contributed by atoms with E-state index in [-0.39, 0.29) is 13.0 Å². The van der Waals surface area contributed by atoms with Crippen molar-refractivity contribution < 1.29 is 23.9 Å². The molecule has 0 spiro atoms. The first-order chi connectivity index (χ1) is 18.2. The number of aromatic amines is 1. The molecule has 0 unspecified atom stereocenters. The van der Waals surface area contributed by atoms with E-state index in [1.54, 1.807) is 20.8 Å². The molecule has 0 bridgehead atoms. The quantitative estimate of drug-likeness (QED) is 0.210. The van der Waals surface area contributed by atoms with E-state index in [9.17, 15) is 14.4 Å². The van der Waals surface area contributed by atoms with Gasteiger partial charge in [0.05, 0.1) is 0 Å². The Morgan fingerprint density at radius 1 is 0.947 bits per heavy atom. The molecule has 3 aromatic rings. The highest BCUT2D eigenvalue weighted by Crippen LogP contribution is 2.20. The predicted molar refractivity (Wildman–Crippen MR) is 146 cm³/mol. The number of carbonyl (C=O) groups is 3. The van der Waals surface area contributed by atoms with Gasteiger partial charge in [-0.25, -0.2) is 9.59 Å². The zero-order chi connectivity index (χ0) is 27.5. The number of ether oxygens (including phenoxy) is 2. The minimum Gasteiger partial charge on any atom is -0.459 e. The van der Waals surface area contributed by atoms with Crippen molar-refractivity contribution in [1.29, 1.82) is 0 Å². The first-order valence-electron chi connectivity index (χ1n) is 12.9. The number of benzene rings is 2. The van der Waals surface area contributed by atoms with Crippen LogP contribution >= 0.6 is 0 Å². The minimum absolute atomic E-state index is 0.0794. The third-order valence-corrected chi connectivity index (χ3v) is 5.88. The van der Waals surface area contributed by atoms with Crippen molar-refractivity contribution in [1.82, 2.24) is 15.6 Å². The van der Waals surface area contributed by atoms with Crippen molar-refractivity contribution >= 4 is 28.9 Å². The van der Waals surface area contributed by atoms with Gasteiger partial charge in [0.1, 0.15) is 24.3 Å². The van der Waals surface area contributed by atoms with Crippen molar-refractivity contribution in [3.05, 3.63) is 71.9 Å². The Labute approximate surface area is 223 Å². The van der Waals surface area contributed by atoms with Gasteiger partial charge in [0.15, 0.2) is 0 Å². The molecule has 0 radical (unpaired) electrons. The van der Waals surface area contributed by atoms with Crippen LogP contribution in [0.15, 0.2) is 60.8 Å². The summed E-state index contributed by atoms with van der Waals surface area (Å²) in [6.07, 6.45) is 3.00. The van der Waals surface area contributed by atoms with Crippen molar-refractivity contribution in [3.63, 3.8) is 0 Å². The number of esters is 1. The van der Waals surface area contributed by atoms with Gasteiger partial charge in [0, 0.05) is 23.5 Å². The van der Waals surface area contributed by atoms with E-state index >= 15 is 0 Å². The Bertz CT molecular complexity index is 1200. The maximum atomic E-state index is 13.4. The molecule has 0 aliphatic rings. The van der Waals surface area contributed by atoms with Crippen LogP contribution in [0.25, 0.3) is 10.9 Å². The third-order valence-electron chi connectivity index (χ3n) is 5.88. The molecule has 9 heteroatoms. The van der Waals surface area contributed by atoms with Gasteiger partial charge < -0.3 is 30.8 Å². The highest BCUT2D eigenvalue weighted by molar-refractivity contribution is 5.90. The summed E-state index contributed by atoms with van der Waals surface area (Å²) in [7, 11) is 0. The van der Waals surface area contributed by atoms with E-state index in [2.05, 4.69) is 15.6 Å².